The predicted octanol–water partition coefficient (Wildman–Crippen LogP) is 3.97. The van der Waals surface area contributed by atoms with Gasteiger partial charge in [0.2, 0.25) is 0 Å². The van der Waals surface area contributed by atoms with Crippen LogP contribution < -0.4 is 5.56 Å². The number of fused-ring (bicyclic) bond motifs is 1. The molecule has 7 heteroatoms. The summed E-state index contributed by atoms with van der Waals surface area (Å²) in [6.45, 7) is 1.77. The molecular weight excluding hydrogens is 331 g/mol. The van der Waals surface area contributed by atoms with Crippen LogP contribution in [0.15, 0.2) is 47.3 Å². The van der Waals surface area contributed by atoms with Crippen LogP contribution in [0.4, 0.5) is 13.2 Å². The van der Waals surface area contributed by atoms with Crippen molar-refractivity contribution in [2.24, 2.45) is 0 Å². The first-order valence-corrected chi connectivity index (χ1v) is 7.48. The zero-order valence-corrected chi connectivity index (χ0v) is 13.1. The van der Waals surface area contributed by atoms with Crippen LogP contribution >= 0.6 is 0 Å². The largest absolute Gasteiger partial charge is 0.417 e. The first-order valence-electron chi connectivity index (χ1n) is 7.48. The molecule has 0 unspecified atom stereocenters. The summed E-state index contributed by atoms with van der Waals surface area (Å²) in [5.74, 6) is 0.177. The molecule has 3 rings (SSSR count). The van der Waals surface area contributed by atoms with Crippen LogP contribution in [0.2, 0.25) is 0 Å². The Morgan fingerprint density at radius 1 is 1.16 bits per heavy atom. The summed E-state index contributed by atoms with van der Waals surface area (Å²) in [4.78, 5) is 17.0. The van der Waals surface area contributed by atoms with E-state index in [-0.39, 0.29) is 17.9 Å². The fourth-order valence-corrected chi connectivity index (χ4v) is 2.77. The van der Waals surface area contributed by atoms with Gasteiger partial charge in [0.25, 0.3) is 5.56 Å². The second kappa shape index (κ2) is 6.06. The van der Waals surface area contributed by atoms with Gasteiger partial charge in [0, 0.05) is 12.1 Å². The van der Waals surface area contributed by atoms with E-state index in [1.54, 1.807) is 31.2 Å². The molecule has 2 aromatic carbocycles. The van der Waals surface area contributed by atoms with E-state index in [1.165, 1.54) is 12.1 Å². The molecule has 4 nitrogen and oxygen atoms in total. The Morgan fingerprint density at radius 3 is 2.52 bits per heavy atom. The van der Waals surface area contributed by atoms with Crippen LogP contribution in [0.5, 0.6) is 0 Å². The van der Waals surface area contributed by atoms with Crippen molar-refractivity contribution in [3.05, 3.63) is 63.9 Å². The van der Waals surface area contributed by atoms with E-state index in [9.17, 15) is 23.2 Å². The normalized spacial score (nSPS) is 11.5. The Bertz CT molecular complexity index is 1060. The van der Waals surface area contributed by atoms with Crippen molar-refractivity contribution < 1.29 is 13.2 Å². The molecular formula is C18H12F3N3O. The van der Waals surface area contributed by atoms with Crippen LogP contribution in [-0.4, -0.2) is 9.55 Å². The Kier molecular flexibility index (Phi) is 4.05. The maximum absolute atomic E-state index is 13.3. The summed E-state index contributed by atoms with van der Waals surface area (Å²) in [6, 6.07) is 12.0. The van der Waals surface area contributed by atoms with E-state index in [0.717, 1.165) is 10.6 Å². The monoisotopic (exact) mass is 343 g/mol. The third-order valence-corrected chi connectivity index (χ3v) is 3.89. The van der Waals surface area contributed by atoms with E-state index in [4.69, 9.17) is 0 Å². The van der Waals surface area contributed by atoms with Crippen molar-refractivity contribution in [1.29, 1.82) is 5.26 Å². The number of nitrogens with zero attached hydrogens (tertiary/aromatic N) is 3. The summed E-state index contributed by atoms with van der Waals surface area (Å²) >= 11 is 0. The molecule has 126 valence electrons. The summed E-state index contributed by atoms with van der Waals surface area (Å²) in [6.07, 6.45) is -4.65. The molecule has 0 aliphatic heterocycles. The number of benzene rings is 2. The second-order valence-electron chi connectivity index (χ2n) is 5.34. The van der Waals surface area contributed by atoms with Gasteiger partial charge in [-0.2, -0.15) is 18.4 Å². The van der Waals surface area contributed by atoms with Crippen molar-refractivity contribution in [3.8, 4) is 17.5 Å². The molecule has 1 aromatic heterocycles. The van der Waals surface area contributed by atoms with Crippen molar-refractivity contribution in [2.45, 2.75) is 19.6 Å². The molecule has 0 spiro atoms. The molecule has 0 radical (unpaired) electrons. The number of nitriles is 1. The standard InChI is InChI=1S/C18H12F3N3O/c1-2-24-16(12-7-4-3-6-11(12)10-22)23-14-9-5-8-13(18(19,20)21)15(14)17(24)25/h3-9H,2H2,1H3. The lowest BCUT2D eigenvalue weighted by molar-refractivity contribution is -0.136. The van der Waals surface area contributed by atoms with E-state index in [0.29, 0.717) is 11.1 Å². The summed E-state index contributed by atoms with van der Waals surface area (Å²) < 4.78 is 40.9. The molecule has 3 aromatic rings. The quantitative estimate of drug-likeness (QED) is 0.707. The van der Waals surface area contributed by atoms with E-state index >= 15 is 0 Å². The lowest BCUT2D eigenvalue weighted by Gasteiger charge is -2.15. The number of hydrogen-bond acceptors (Lipinski definition) is 3. The molecule has 0 fully saturated rings. The zero-order chi connectivity index (χ0) is 18.2. The Balaban J connectivity index is 2.45. The van der Waals surface area contributed by atoms with Crippen LogP contribution in [0.25, 0.3) is 22.3 Å². The lowest BCUT2D eigenvalue weighted by atomic mass is 10.1. The van der Waals surface area contributed by atoms with Gasteiger partial charge < -0.3 is 0 Å². The molecule has 0 aliphatic rings. The average molecular weight is 343 g/mol. The molecule has 0 saturated carbocycles. The Hall–Kier alpha value is -3.14. The van der Waals surface area contributed by atoms with Gasteiger partial charge in [0.1, 0.15) is 5.82 Å². The van der Waals surface area contributed by atoms with Gasteiger partial charge in [-0.05, 0) is 31.2 Å². The average Bonchev–Trinajstić information content (AvgIpc) is 2.60. The van der Waals surface area contributed by atoms with Gasteiger partial charge in [0.05, 0.1) is 28.1 Å². The fraction of sp³-hybridized carbons (Fsp3) is 0.167. The van der Waals surface area contributed by atoms with Gasteiger partial charge in [-0.25, -0.2) is 4.98 Å². The number of rotatable bonds is 2. The molecule has 0 saturated heterocycles. The molecule has 0 amide bonds. The highest BCUT2D eigenvalue weighted by molar-refractivity contribution is 5.84. The smallest absolute Gasteiger partial charge is 0.292 e. The van der Waals surface area contributed by atoms with Crippen molar-refractivity contribution >= 4 is 10.9 Å². The Labute approximate surface area is 140 Å². The number of alkyl halides is 3. The first-order chi connectivity index (χ1) is 11.9. The minimum absolute atomic E-state index is 0.0488. The lowest BCUT2D eigenvalue weighted by Crippen LogP contribution is -2.25. The molecule has 0 N–H and O–H groups in total. The third kappa shape index (κ3) is 2.76. The summed E-state index contributed by atoms with van der Waals surface area (Å²) in [5.41, 5.74) is -1.13. The minimum Gasteiger partial charge on any atom is -0.292 e. The second-order valence-corrected chi connectivity index (χ2v) is 5.34. The van der Waals surface area contributed by atoms with E-state index < -0.39 is 22.7 Å². The van der Waals surface area contributed by atoms with E-state index in [2.05, 4.69) is 4.98 Å². The van der Waals surface area contributed by atoms with Crippen molar-refractivity contribution in [3.63, 3.8) is 0 Å². The predicted molar refractivity (Wildman–Crippen MR) is 86.8 cm³/mol. The number of halogens is 3. The third-order valence-electron chi connectivity index (χ3n) is 3.89. The summed E-state index contributed by atoms with van der Waals surface area (Å²) in [7, 11) is 0. The van der Waals surface area contributed by atoms with Crippen molar-refractivity contribution in [1.82, 2.24) is 9.55 Å². The fourth-order valence-electron chi connectivity index (χ4n) is 2.77. The SMILES string of the molecule is CCn1c(-c2ccccc2C#N)nc2cccc(C(F)(F)F)c2c1=O. The molecule has 25 heavy (non-hydrogen) atoms. The zero-order valence-electron chi connectivity index (χ0n) is 13.1. The maximum Gasteiger partial charge on any atom is 0.417 e. The molecule has 1 heterocycles. The topological polar surface area (TPSA) is 58.7 Å². The first kappa shape index (κ1) is 16.7. The van der Waals surface area contributed by atoms with Gasteiger partial charge >= 0.3 is 6.18 Å². The van der Waals surface area contributed by atoms with Crippen LogP contribution in [0, 0.1) is 11.3 Å². The van der Waals surface area contributed by atoms with Crippen LogP contribution in [0.3, 0.4) is 0 Å². The van der Waals surface area contributed by atoms with Gasteiger partial charge in [-0.3, -0.25) is 9.36 Å². The minimum atomic E-state index is -4.65. The molecule has 0 aliphatic carbocycles. The van der Waals surface area contributed by atoms with Gasteiger partial charge in [0.15, 0.2) is 0 Å². The van der Waals surface area contributed by atoms with Gasteiger partial charge in [-0.15, -0.1) is 0 Å². The number of hydrogen-bond donors (Lipinski definition) is 0. The highest BCUT2D eigenvalue weighted by atomic mass is 19.4. The maximum atomic E-state index is 13.3. The van der Waals surface area contributed by atoms with E-state index in [1.807, 2.05) is 6.07 Å². The molecule has 0 atom stereocenters. The van der Waals surface area contributed by atoms with Crippen LogP contribution in [-0.2, 0) is 12.7 Å². The van der Waals surface area contributed by atoms with Crippen molar-refractivity contribution in [2.75, 3.05) is 0 Å². The van der Waals surface area contributed by atoms with Crippen LogP contribution in [0.1, 0.15) is 18.1 Å². The highest BCUT2D eigenvalue weighted by Crippen LogP contribution is 2.33. The highest BCUT2D eigenvalue weighted by Gasteiger charge is 2.34. The number of aromatic nitrogens is 2. The Morgan fingerprint density at radius 2 is 1.88 bits per heavy atom. The summed E-state index contributed by atoms with van der Waals surface area (Å²) in [5, 5.41) is 8.80. The van der Waals surface area contributed by atoms with Gasteiger partial charge in [-0.1, -0.05) is 18.2 Å². The molecule has 0 bridgehead atoms.